The lowest BCUT2D eigenvalue weighted by molar-refractivity contribution is 0.182. The number of pyridine rings is 1. The van der Waals surface area contributed by atoms with Crippen molar-refractivity contribution >= 4 is 32.7 Å². The number of rotatable bonds is 12. The Bertz CT molecular complexity index is 1860. The van der Waals surface area contributed by atoms with Gasteiger partial charge in [0.2, 0.25) is 10.0 Å². The van der Waals surface area contributed by atoms with Crippen LogP contribution in [0.15, 0.2) is 36.8 Å². The maximum absolute atomic E-state index is 12.7. The van der Waals surface area contributed by atoms with Gasteiger partial charge in [0.15, 0.2) is 5.82 Å². The van der Waals surface area contributed by atoms with E-state index in [0.717, 1.165) is 35.2 Å². The number of hydrogen-bond donors (Lipinski definition) is 3. The molecule has 2 aliphatic rings. The third-order valence-electron chi connectivity index (χ3n) is 9.46. The second kappa shape index (κ2) is 14.2. The second-order valence-electron chi connectivity index (χ2n) is 12.9. The highest BCUT2D eigenvalue weighted by atomic mass is 32.2. The molecule has 1 aromatic carbocycles. The smallest absolute Gasteiger partial charge is 0.216 e. The minimum absolute atomic E-state index is 0.0841. The highest BCUT2D eigenvalue weighted by Gasteiger charge is 2.31. The topological polar surface area (TPSA) is 157 Å². The molecule has 4 heterocycles. The van der Waals surface area contributed by atoms with Crippen LogP contribution < -0.4 is 20.1 Å². The number of benzene rings is 1. The second-order valence-corrected chi connectivity index (χ2v) is 15.4. The molecule has 14 heteroatoms. The first-order valence-electron chi connectivity index (χ1n) is 16.7. The summed E-state index contributed by atoms with van der Waals surface area (Å²) in [5.41, 5.74) is 4.75. The number of nitrogens with one attached hydrogen (secondary N) is 2. The van der Waals surface area contributed by atoms with E-state index >= 15 is 0 Å². The van der Waals surface area contributed by atoms with Crippen LogP contribution in [0.2, 0.25) is 0 Å². The van der Waals surface area contributed by atoms with Gasteiger partial charge < -0.3 is 25.2 Å². The average molecular weight is 679 g/mol. The quantitative estimate of drug-likeness (QED) is 0.190. The van der Waals surface area contributed by atoms with E-state index in [9.17, 15) is 13.5 Å². The first kappa shape index (κ1) is 33.9. The Morgan fingerprint density at radius 2 is 1.81 bits per heavy atom. The fourth-order valence-electron chi connectivity index (χ4n) is 6.57. The van der Waals surface area contributed by atoms with Crippen LogP contribution in [-0.2, 0) is 23.0 Å². The number of methoxy groups -OCH3 is 2. The maximum Gasteiger partial charge on any atom is 0.216 e. The molecule has 2 atom stereocenters. The normalized spacial score (nSPS) is 19.2. The monoisotopic (exact) mass is 678 g/mol. The number of aliphatic hydroxyl groups is 1. The van der Waals surface area contributed by atoms with Crippen LogP contribution in [0.1, 0.15) is 70.2 Å². The molecule has 0 spiro atoms. The summed E-state index contributed by atoms with van der Waals surface area (Å²) < 4.78 is 39.9. The van der Waals surface area contributed by atoms with E-state index < -0.39 is 15.3 Å². The number of aromatic nitrogens is 5. The zero-order valence-corrected chi connectivity index (χ0v) is 29.1. The number of aliphatic hydroxyl groups excluding tert-OH is 1. The summed E-state index contributed by atoms with van der Waals surface area (Å²) in [6.07, 6.45) is 9.65. The van der Waals surface area contributed by atoms with Crippen LogP contribution in [0.4, 0.5) is 11.6 Å². The predicted molar refractivity (Wildman–Crippen MR) is 186 cm³/mol. The third kappa shape index (κ3) is 6.92. The standard InChI is InChI=1S/C34H46N8O5S/c1-6-29-33(38-24-8-9-26(43)15-24)40-31-28(23-18-37-42(20-23)25-11-13-41(14-12-25)48(44,45)21(2)3)19-36-34(32(31)39-29)35-17-22-7-10-27(46-4)16-30(22)47-5/h7,10,16,18-21,24-26,43H,6,8-9,11-15,17H2,1-5H3,(H,35,36)(H,38,40)/t24-,26+/m1/s1. The minimum atomic E-state index is -3.28. The van der Waals surface area contributed by atoms with Gasteiger partial charge in [-0.2, -0.15) is 5.10 Å². The molecule has 0 unspecified atom stereocenters. The van der Waals surface area contributed by atoms with Crippen LogP contribution in [-0.4, -0.2) is 87.3 Å². The Morgan fingerprint density at radius 3 is 2.48 bits per heavy atom. The Kier molecular flexibility index (Phi) is 10.0. The molecule has 1 saturated heterocycles. The van der Waals surface area contributed by atoms with E-state index in [-0.39, 0.29) is 18.2 Å². The first-order chi connectivity index (χ1) is 23.1. The van der Waals surface area contributed by atoms with Crippen LogP contribution in [0.5, 0.6) is 11.5 Å². The van der Waals surface area contributed by atoms with E-state index in [1.165, 1.54) is 0 Å². The summed E-state index contributed by atoms with van der Waals surface area (Å²) >= 11 is 0. The lowest BCUT2D eigenvalue weighted by Gasteiger charge is -2.32. The Balaban J connectivity index is 1.33. The van der Waals surface area contributed by atoms with Gasteiger partial charge in [0.05, 0.1) is 43.5 Å². The zero-order chi connectivity index (χ0) is 34.0. The van der Waals surface area contributed by atoms with Crippen LogP contribution >= 0.6 is 0 Å². The van der Waals surface area contributed by atoms with Gasteiger partial charge in [-0.15, -0.1) is 0 Å². The van der Waals surface area contributed by atoms with Crippen molar-refractivity contribution < 1.29 is 23.0 Å². The van der Waals surface area contributed by atoms with Crippen molar-refractivity contribution in [1.82, 2.24) is 29.0 Å². The number of anilines is 2. The number of fused-ring (bicyclic) bond motifs is 1. The molecule has 3 aromatic heterocycles. The molecule has 0 bridgehead atoms. The fourth-order valence-corrected chi connectivity index (χ4v) is 7.89. The molecule has 1 saturated carbocycles. The van der Waals surface area contributed by atoms with E-state index in [2.05, 4.69) is 17.6 Å². The lowest BCUT2D eigenvalue weighted by Crippen LogP contribution is -2.42. The van der Waals surface area contributed by atoms with Crippen molar-refractivity contribution in [2.24, 2.45) is 0 Å². The van der Waals surface area contributed by atoms with Crippen molar-refractivity contribution in [3.63, 3.8) is 0 Å². The van der Waals surface area contributed by atoms with Crippen LogP contribution in [0.3, 0.4) is 0 Å². The molecule has 258 valence electrons. The maximum atomic E-state index is 12.7. The number of aryl methyl sites for hydroxylation is 1. The molecule has 1 aliphatic carbocycles. The number of ether oxygens (including phenoxy) is 2. The molecular weight excluding hydrogens is 632 g/mol. The molecule has 1 aliphatic heterocycles. The van der Waals surface area contributed by atoms with E-state index in [1.807, 2.05) is 35.3 Å². The summed E-state index contributed by atoms with van der Waals surface area (Å²) in [6.45, 7) is 6.89. The molecule has 0 amide bonds. The SMILES string of the molecule is CCc1nc2c(NCc3ccc(OC)cc3OC)ncc(-c3cnn(C4CCN(S(=O)(=O)C(C)C)CC4)c3)c2nc1N[C@@H]1CC[C@H](O)C1. The van der Waals surface area contributed by atoms with Crippen LogP contribution in [0, 0.1) is 0 Å². The van der Waals surface area contributed by atoms with Gasteiger partial charge >= 0.3 is 0 Å². The third-order valence-corrected chi connectivity index (χ3v) is 11.7. The van der Waals surface area contributed by atoms with Crippen LogP contribution in [0.25, 0.3) is 22.2 Å². The average Bonchev–Trinajstić information content (AvgIpc) is 3.75. The lowest BCUT2D eigenvalue weighted by atomic mass is 10.1. The molecule has 0 radical (unpaired) electrons. The highest BCUT2D eigenvalue weighted by molar-refractivity contribution is 7.89. The Hall–Kier alpha value is -4.01. The van der Waals surface area contributed by atoms with Crippen molar-refractivity contribution in [3.05, 3.63) is 48.0 Å². The Labute approximate surface area is 282 Å². The zero-order valence-electron chi connectivity index (χ0n) is 28.3. The molecule has 48 heavy (non-hydrogen) atoms. The fraction of sp³-hybridized carbons (Fsp3) is 0.529. The van der Waals surface area contributed by atoms with Crippen molar-refractivity contribution in [3.8, 4) is 22.6 Å². The number of sulfonamides is 1. The van der Waals surface area contributed by atoms with E-state index in [0.29, 0.717) is 79.5 Å². The van der Waals surface area contributed by atoms with E-state index in [1.54, 1.807) is 38.6 Å². The number of nitrogens with zero attached hydrogens (tertiary/aromatic N) is 6. The molecule has 2 fully saturated rings. The molecule has 6 rings (SSSR count). The predicted octanol–water partition coefficient (Wildman–Crippen LogP) is 4.78. The summed E-state index contributed by atoms with van der Waals surface area (Å²) in [5, 5.41) is 21.5. The Morgan fingerprint density at radius 1 is 1.02 bits per heavy atom. The molecular formula is C34H46N8O5S. The largest absolute Gasteiger partial charge is 0.497 e. The number of hydrogen-bond acceptors (Lipinski definition) is 11. The van der Waals surface area contributed by atoms with Crippen molar-refractivity contribution in [2.45, 2.75) is 89.3 Å². The van der Waals surface area contributed by atoms with Gasteiger partial charge in [-0.05, 0) is 64.5 Å². The summed E-state index contributed by atoms with van der Waals surface area (Å²) in [4.78, 5) is 15.1. The minimum Gasteiger partial charge on any atom is -0.497 e. The molecule has 3 N–H and O–H groups in total. The van der Waals surface area contributed by atoms with Gasteiger partial charge in [-0.1, -0.05) is 6.92 Å². The van der Waals surface area contributed by atoms with Gasteiger partial charge in [-0.25, -0.2) is 27.7 Å². The summed E-state index contributed by atoms with van der Waals surface area (Å²) in [7, 11) is -0.0239. The van der Waals surface area contributed by atoms with Gasteiger partial charge in [0.1, 0.15) is 28.4 Å². The van der Waals surface area contributed by atoms with Gasteiger partial charge in [0, 0.05) is 60.8 Å². The number of piperidine rings is 1. The van der Waals surface area contributed by atoms with E-state index in [4.69, 9.17) is 29.5 Å². The van der Waals surface area contributed by atoms with Gasteiger partial charge in [0.25, 0.3) is 0 Å². The summed E-state index contributed by atoms with van der Waals surface area (Å²) in [6, 6.07) is 5.91. The first-order valence-corrected chi connectivity index (χ1v) is 18.2. The van der Waals surface area contributed by atoms with Crippen molar-refractivity contribution in [1.29, 1.82) is 0 Å². The van der Waals surface area contributed by atoms with Crippen molar-refractivity contribution in [2.75, 3.05) is 37.9 Å². The highest BCUT2D eigenvalue weighted by Crippen LogP contribution is 2.35. The summed E-state index contributed by atoms with van der Waals surface area (Å²) in [5.74, 6) is 2.73. The molecule has 4 aromatic rings. The van der Waals surface area contributed by atoms with Gasteiger partial charge in [-0.3, -0.25) is 4.68 Å². The molecule has 13 nitrogen and oxygen atoms in total.